The maximum Gasteiger partial charge on any atom is 0.157 e. The first-order valence-electron chi connectivity index (χ1n) is 12.7. The lowest BCUT2D eigenvalue weighted by atomic mass is 9.94. The third-order valence-corrected chi connectivity index (χ3v) is 7.03. The van der Waals surface area contributed by atoms with Crippen molar-refractivity contribution >= 4 is 0 Å². The van der Waals surface area contributed by atoms with Crippen LogP contribution in [0.25, 0.3) is 0 Å². The summed E-state index contributed by atoms with van der Waals surface area (Å²) in [4.78, 5) is 0. The summed E-state index contributed by atoms with van der Waals surface area (Å²) in [5.74, 6) is -1.18. The molecule has 0 aliphatic carbocycles. The summed E-state index contributed by atoms with van der Waals surface area (Å²) in [6.07, 6.45) is -3.12. The molecule has 0 amide bonds. The molecule has 42 heavy (non-hydrogen) atoms. The van der Waals surface area contributed by atoms with Crippen molar-refractivity contribution in [2.45, 2.75) is 37.3 Å². The Morgan fingerprint density at radius 3 is 1.19 bits per heavy atom. The van der Waals surface area contributed by atoms with Crippen molar-refractivity contribution in [3.05, 3.63) is 82.9 Å². The number of phenolic OH excluding ortho intramolecular Hbond substituents is 8. The van der Waals surface area contributed by atoms with Crippen molar-refractivity contribution in [1.82, 2.24) is 0 Å². The van der Waals surface area contributed by atoms with Crippen molar-refractivity contribution in [2.24, 2.45) is 0 Å². The number of hydrogen-bond donors (Lipinski definition) is 10. The van der Waals surface area contributed by atoms with Crippen LogP contribution in [0, 0.1) is 0 Å². The SMILES string of the molecule is Oc1cc(O)c2c(c1)O[C@H](c1ccc(O)c(O)c1)[C@@H](O)C2.Oc1cc(O)c2c(c1)O[C@H](c1ccc(O)c(O)c1)[C@H](O)C2. The van der Waals surface area contributed by atoms with Gasteiger partial charge in [-0.1, -0.05) is 12.1 Å². The van der Waals surface area contributed by atoms with Gasteiger partial charge in [0.05, 0.1) is 12.2 Å². The monoisotopic (exact) mass is 580 g/mol. The minimum atomic E-state index is -0.933. The van der Waals surface area contributed by atoms with Crippen molar-refractivity contribution < 1.29 is 60.5 Å². The summed E-state index contributed by atoms with van der Waals surface area (Å²) < 4.78 is 11.2. The number of hydrogen-bond acceptors (Lipinski definition) is 12. The van der Waals surface area contributed by atoms with Gasteiger partial charge in [0, 0.05) is 48.2 Å². The van der Waals surface area contributed by atoms with Crippen LogP contribution >= 0.6 is 0 Å². The standard InChI is InChI=1S/2C15H14O6/c2*16-8-4-11(18)9-6-13(20)15(21-14(9)5-8)7-1-2-10(17)12(19)3-7/h2*1-5,13,15-20H,6H2/t13-,15+;13-,15-/m01/s1. The van der Waals surface area contributed by atoms with Crippen LogP contribution in [-0.4, -0.2) is 63.3 Å². The van der Waals surface area contributed by atoms with Gasteiger partial charge >= 0.3 is 0 Å². The van der Waals surface area contributed by atoms with E-state index in [2.05, 4.69) is 0 Å². The average Bonchev–Trinajstić information content (AvgIpc) is 2.92. The molecule has 4 aromatic carbocycles. The number of aliphatic hydroxyl groups is 2. The summed E-state index contributed by atoms with van der Waals surface area (Å²) >= 11 is 0. The maximum absolute atomic E-state index is 10.2. The Hall–Kier alpha value is -5.20. The highest BCUT2D eigenvalue weighted by molar-refractivity contribution is 5.53. The van der Waals surface area contributed by atoms with Crippen LogP contribution in [0.3, 0.4) is 0 Å². The lowest BCUT2D eigenvalue weighted by Crippen LogP contribution is -2.30. The van der Waals surface area contributed by atoms with Gasteiger partial charge in [0.15, 0.2) is 23.0 Å². The molecule has 12 heteroatoms. The molecule has 0 spiro atoms. The molecule has 0 unspecified atom stereocenters. The second kappa shape index (κ2) is 11.0. The highest BCUT2D eigenvalue weighted by Crippen LogP contribution is 2.44. The quantitative estimate of drug-likeness (QED) is 0.155. The average molecular weight is 581 g/mol. The third kappa shape index (κ3) is 5.53. The highest BCUT2D eigenvalue weighted by Gasteiger charge is 2.33. The molecule has 0 radical (unpaired) electrons. The summed E-state index contributed by atoms with van der Waals surface area (Å²) in [6.45, 7) is 0. The van der Waals surface area contributed by atoms with Gasteiger partial charge in [-0.05, 0) is 35.4 Å². The van der Waals surface area contributed by atoms with Crippen LogP contribution in [0.4, 0.5) is 0 Å². The number of phenols is 8. The zero-order valence-corrected chi connectivity index (χ0v) is 21.8. The summed E-state index contributed by atoms with van der Waals surface area (Å²) in [5.41, 5.74) is 1.79. The van der Waals surface area contributed by atoms with Crippen molar-refractivity contribution in [3.63, 3.8) is 0 Å². The summed E-state index contributed by atoms with van der Waals surface area (Å²) in [7, 11) is 0. The van der Waals surface area contributed by atoms with E-state index in [9.17, 15) is 51.1 Å². The lowest BCUT2D eigenvalue weighted by Gasteiger charge is -2.31. The Kier molecular flexibility index (Phi) is 7.42. The van der Waals surface area contributed by atoms with Crippen LogP contribution in [-0.2, 0) is 12.8 Å². The van der Waals surface area contributed by atoms with Gasteiger partial charge in [-0.15, -0.1) is 0 Å². The Balaban J connectivity index is 0.000000168. The van der Waals surface area contributed by atoms with Crippen LogP contribution in [0.15, 0.2) is 60.7 Å². The number of aromatic hydroxyl groups is 8. The molecule has 0 bridgehead atoms. The number of fused-ring (bicyclic) bond motifs is 2. The largest absolute Gasteiger partial charge is 0.508 e. The van der Waals surface area contributed by atoms with E-state index in [-0.39, 0.29) is 70.3 Å². The number of benzene rings is 4. The van der Waals surface area contributed by atoms with E-state index < -0.39 is 24.4 Å². The fraction of sp³-hybridized carbons (Fsp3) is 0.200. The molecular weight excluding hydrogens is 552 g/mol. The summed E-state index contributed by atoms with van der Waals surface area (Å²) in [5, 5.41) is 96.6. The van der Waals surface area contributed by atoms with Crippen LogP contribution in [0.5, 0.6) is 57.5 Å². The highest BCUT2D eigenvalue weighted by atomic mass is 16.5. The van der Waals surface area contributed by atoms with Gasteiger partial charge in [0.2, 0.25) is 0 Å². The zero-order chi connectivity index (χ0) is 30.3. The second-order valence-corrected chi connectivity index (χ2v) is 10.00. The molecule has 4 atom stereocenters. The predicted molar refractivity (Wildman–Crippen MR) is 145 cm³/mol. The first-order chi connectivity index (χ1) is 19.9. The van der Waals surface area contributed by atoms with E-state index in [1.165, 1.54) is 60.7 Å². The molecule has 0 fully saturated rings. The molecule has 2 aliphatic heterocycles. The van der Waals surface area contributed by atoms with Crippen molar-refractivity contribution in [2.75, 3.05) is 0 Å². The molecule has 0 saturated heterocycles. The molecule has 0 aromatic heterocycles. The van der Waals surface area contributed by atoms with Crippen LogP contribution < -0.4 is 9.47 Å². The number of aliphatic hydroxyl groups excluding tert-OH is 2. The molecule has 6 rings (SSSR count). The predicted octanol–water partition coefficient (Wildman–Crippen LogP) is 3.09. The van der Waals surface area contributed by atoms with E-state index in [4.69, 9.17) is 9.47 Å². The van der Waals surface area contributed by atoms with E-state index >= 15 is 0 Å². The zero-order valence-electron chi connectivity index (χ0n) is 21.8. The van der Waals surface area contributed by atoms with Gasteiger partial charge in [0.1, 0.15) is 46.7 Å². The molecule has 10 N–H and O–H groups in total. The smallest absolute Gasteiger partial charge is 0.157 e. The van der Waals surface area contributed by atoms with Gasteiger partial charge in [-0.25, -0.2) is 0 Å². The molecule has 2 heterocycles. The van der Waals surface area contributed by atoms with E-state index in [1.807, 2.05) is 0 Å². The first-order valence-corrected chi connectivity index (χ1v) is 12.7. The summed E-state index contributed by atoms with van der Waals surface area (Å²) in [6, 6.07) is 13.3. The minimum absolute atomic E-state index is 0.143. The van der Waals surface area contributed by atoms with Gasteiger partial charge in [0.25, 0.3) is 0 Å². The number of rotatable bonds is 2. The minimum Gasteiger partial charge on any atom is -0.508 e. The topological polar surface area (TPSA) is 221 Å². The Morgan fingerprint density at radius 1 is 0.452 bits per heavy atom. The van der Waals surface area contributed by atoms with Gasteiger partial charge < -0.3 is 60.5 Å². The van der Waals surface area contributed by atoms with Gasteiger partial charge in [-0.3, -0.25) is 0 Å². The fourth-order valence-corrected chi connectivity index (χ4v) is 4.93. The second-order valence-electron chi connectivity index (χ2n) is 10.00. The molecule has 2 aliphatic rings. The fourth-order valence-electron chi connectivity index (χ4n) is 4.93. The van der Waals surface area contributed by atoms with Crippen molar-refractivity contribution in [1.29, 1.82) is 0 Å². The Labute approximate surface area is 238 Å². The van der Waals surface area contributed by atoms with Crippen molar-refractivity contribution in [3.8, 4) is 57.5 Å². The van der Waals surface area contributed by atoms with Crippen LogP contribution in [0.1, 0.15) is 34.5 Å². The maximum atomic E-state index is 10.2. The van der Waals surface area contributed by atoms with E-state index in [0.29, 0.717) is 22.3 Å². The van der Waals surface area contributed by atoms with E-state index in [1.54, 1.807) is 0 Å². The van der Waals surface area contributed by atoms with Crippen LogP contribution in [0.2, 0.25) is 0 Å². The molecule has 0 saturated carbocycles. The molecular formula is C30H28O12. The third-order valence-electron chi connectivity index (χ3n) is 7.03. The molecule has 4 aromatic rings. The molecule has 12 nitrogen and oxygen atoms in total. The van der Waals surface area contributed by atoms with E-state index in [0.717, 1.165) is 0 Å². The first kappa shape index (κ1) is 28.3. The Bertz CT molecular complexity index is 1510. The number of ether oxygens (including phenoxy) is 2. The van der Waals surface area contributed by atoms with Gasteiger partial charge in [-0.2, -0.15) is 0 Å². The Morgan fingerprint density at radius 2 is 0.833 bits per heavy atom. The molecule has 220 valence electrons. The normalized spacial score (nSPS) is 20.6. The lowest BCUT2D eigenvalue weighted by molar-refractivity contribution is 0.0196.